The number of benzene rings is 5. The van der Waals surface area contributed by atoms with E-state index in [1.807, 2.05) is 0 Å². The first-order chi connectivity index (χ1) is 20.5. The van der Waals surface area contributed by atoms with E-state index in [1.165, 1.54) is 67.2 Å². The van der Waals surface area contributed by atoms with Gasteiger partial charge in [0.2, 0.25) is 0 Å². The minimum absolute atomic E-state index is 1.07. The van der Waals surface area contributed by atoms with E-state index in [1.54, 1.807) is 10.4 Å². The van der Waals surface area contributed by atoms with Crippen molar-refractivity contribution in [2.45, 2.75) is 45.7 Å². The zero-order valence-electron chi connectivity index (χ0n) is 25.0. The molecule has 0 saturated heterocycles. The van der Waals surface area contributed by atoms with Crippen LogP contribution in [-0.2, 0) is 19.3 Å². The van der Waals surface area contributed by atoms with Crippen LogP contribution in [0.25, 0.3) is 34.4 Å². The van der Waals surface area contributed by atoms with Crippen molar-refractivity contribution >= 4 is 20.2 Å². The van der Waals surface area contributed by atoms with Crippen molar-refractivity contribution in [1.82, 2.24) is 0 Å². The molecule has 0 unspecified atom stereocenters. The van der Waals surface area contributed by atoms with E-state index < -0.39 is 8.07 Å². The molecule has 0 aromatic heterocycles. The Hall–Kier alpha value is -4.20. The molecule has 5 aromatic rings. The highest BCUT2D eigenvalue weighted by atomic mass is 28.3. The van der Waals surface area contributed by atoms with Gasteiger partial charge in [-0.05, 0) is 89.2 Å². The molecule has 5 aromatic carbocycles. The van der Waals surface area contributed by atoms with Gasteiger partial charge in [0, 0.05) is 0 Å². The molecular formula is C41H38Si. The quantitative estimate of drug-likeness (QED) is 0.174. The third-order valence-electron chi connectivity index (χ3n) is 9.69. The predicted octanol–water partition coefficient (Wildman–Crippen LogP) is 10.6. The van der Waals surface area contributed by atoms with E-state index in [0.717, 1.165) is 19.3 Å². The van der Waals surface area contributed by atoms with E-state index in [2.05, 4.69) is 148 Å². The van der Waals surface area contributed by atoms with E-state index in [9.17, 15) is 0 Å². The van der Waals surface area contributed by atoms with Crippen molar-refractivity contribution in [2.24, 2.45) is 0 Å². The van der Waals surface area contributed by atoms with Gasteiger partial charge in [-0.25, -0.2) is 0 Å². The molecule has 1 heteroatoms. The molecule has 0 radical (unpaired) electrons. The van der Waals surface area contributed by atoms with Crippen LogP contribution in [0.3, 0.4) is 0 Å². The van der Waals surface area contributed by atoms with Crippen molar-refractivity contribution in [3.63, 3.8) is 0 Å². The van der Waals surface area contributed by atoms with E-state index in [0.29, 0.717) is 0 Å². The standard InChI is InChI=1S/C41H38Si/c1-29-15-19-32(20-16-29)38-13-7-11-34-25-36(27-40(34)38)42(3,24-23-31-9-5-4-6-10-31)37-26-35-12-8-14-39(41(35)28-37)33-21-17-30(2)18-22-33/h4-22,27-28H,23-26H2,1-3H3. The van der Waals surface area contributed by atoms with Gasteiger partial charge in [0.25, 0.3) is 0 Å². The van der Waals surface area contributed by atoms with Crippen LogP contribution in [0.4, 0.5) is 0 Å². The molecule has 0 aliphatic heterocycles. The molecule has 0 N–H and O–H groups in total. The molecule has 0 fully saturated rings. The molecule has 2 aliphatic rings. The van der Waals surface area contributed by atoms with Crippen LogP contribution in [0.2, 0.25) is 12.6 Å². The van der Waals surface area contributed by atoms with Crippen molar-refractivity contribution in [3.05, 3.63) is 165 Å². The first-order valence-corrected chi connectivity index (χ1v) is 18.0. The molecule has 7 rings (SSSR count). The zero-order valence-corrected chi connectivity index (χ0v) is 26.0. The highest BCUT2D eigenvalue weighted by molar-refractivity contribution is 6.93. The Kier molecular flexibility index (Phi) is 6.92. The summed E-state index contributed by atoms with van der Waals surface area (Å²) >= 11 is 0. The average molecular weight is 559 g/mol. The highest BCUT2D eigenvalue weighted by Crippen LogP contribution is 2.45. The van der Waals surface area contributed by atoms with E-state index >= 15 is 0 Å². The highest BCUT2D eigenvalue weighted by Gasteiger charge is 2.39. The zero-order chi connectivity index (χ0) is 28.7. The number of hydrogen-bond donors (Lipinski definition) is 0. The fourth-order valence-electron chi connectivity index (χ4n) is 6.98. The van der Waals surface area contributed by atoms with Gasteiger partial charge >= 0.3 is 0 Å². The predicted molar refractivity (Wildman–Crippen MR) is 183 cm³/mol. The van der Waals surface area contributed by atoms with Crippen LogP contribution in [0, 0.1) is 13.8 Å². The number of aryl methyl sites for hydroxylation is 3. The molecule has 206 valence electrons. The first-order valence-electron chi connectivity index (χ1n) is 15.3. The minimum Gasteiger partial charge on any atom is -0.0712 e. The molecule has 0 spiro atoms. The molecule has 0 bridgehead atoms. The second kappa shape index (κ2) is 10.9. The normalized spacial score (nSPS) is 13.9. The average Bonchev–Trinajstić information content (AvgIpc) is 3.67. The van der Waals surface area contributed by atoms with Gasteiger partial charge in [-0.2, -0.15) is 0 Å². The lowest BCUT2D eigenvalue weighted by Gasteiger charge is -2.31. The maximum absolute atomic E-state index is 2.66. The van der Waals surface area contributed by atoms with Gasteiger partial charge < -0.3 is 0 Å². The van der Waals surface area contributed by atoms with E-state index in [-0.39, 0.29) is 0 Å². The number of hydrogen-bond acceptors (Lipinski definition) is 0. The van der Waals surface area contributed by atoms with Gasteiger partial charge in [-0.15, -0.1) is 0 Å². The summed E-state index contributed by atoms with van der Waals surface area (Å²) in [5.74, 6) is 0. The number of rotatable bonds is 7. The first kappa shape index (κ1) is 26.7. The summed E-state index contributed by atoms with van der Waals surface area (Å²) in [6.07, 6.45) is 8.48. The topological polar surface area (TPSA) is 0 Å². The molecule has 2 aliphatic carbocycles. The maximum atomic E-state index is 2.66. The van der Waals surface area contributed by atoms with Crippen molar-refractivity contribution in [1.29, 1.82) is 0 Å². The summed E-state index contributed by atoms with van der Waals surface area (Å²) in [7, 11) is -2.01. The summed E-state index contributed by atoms with van der Waals surface area (Å²) in [6.45, 7) is 6.99. The molecule has 0 saturated carbocycles. The Morgan fingerprint density at radius 2 is 1.00 bits per heavy atom. The molecule has 0 amide bonds. The summed E-state index contributed by atoms with van der Waals surface area (Å²) in [5, 5.41) is 3.37. The summed E-state index contributed by atoms with van der Waals surface area (Å²) in [6, 6.07) is 44.3. The smallest absolute Gasteiger partial charge is 0.0712 e. The van der Waals surface area contributed by atoms with Gasteiger partial charge in [-0.1, -0.05) is 155 Å². The van der Waals surface area contributed by atoms with Gasteiger partial charge in [0.05, 0.1) is 0 Å². The largest absolute Gasteiger partial charge is 0.107 e. The molecule has 0 heterocycles. The van der Waals surface area contributed by atoms with Gasteiger partial charge in [0.1, 0.15) is 8.07 Å². The van der Waals surface area contributed by atoms with Crippen molar-refractivity contribution in [2.75, 3.05) is 0 Å². The fraction of sp³-hybridized carbons (Fsp3) is 0.171. The number of allylic oxidation sites excluding steroid dienone is 2. The van der Waals surface area contributed by atoms with Crippen LogP contribution >= 0.6 is 0 Å². The van der Waals surface area contributed by atoms with Gasteiger partial charge in [0.15, 0.2) is 0 Å². The Balaban J connectivity index is 1.31. The summed E-state index contributed by atoms with van der Waals surface area (Å²) < 4.78 is 0. The lowest BCUT2D eigenvalue weighted by Crippen LogP contribution is -2.37. The van der Waals surface area contributed by atoms with Gasteiger partial charge in [-0.3, -0.25) is 0 Å². The van der Waals surface area contributed by atoms with Crippen LogP contribution < -0.4 is 0 Å². The second-order valence-corrected chi connectivity index (χ2v) is 16.9. The Morgan fingerprint density at radius 3 is 1.48 bits per heavy atom. The summed E-state index contributed by atoms with van der Waals surface area (Å²) in [4.78, 5) is 0. The molecule has 0 atom stereocenters. The Bertz CT molecular complexity index is 1710. The molecule has 0 nitrogen and oxygen atoms in total. The van der Waals surface area contributed by atoms with Crippen LogP contribution in [0.15, 0.2) is 126 Å². The molecular weight excluding hydrogens is 521 g/mol. The lowest BCUT2D eigenvalue weighted by atomic mass is 9.97. The van der Waals surface area contributed by atoms with Crippen molar-refractivity contribution in [3.8, 4) is 22.3 Å². The SMILES string of the molecule is Cc1ccc(-c2cccc3c2C=C([Si](C)(CCc2ccccc2)C2=Cc4c(cccc4-c4ccc(C)cc4)C2)C3)cc1. The number of fused-ring (bicyclic) bond motifs is 2. The fourth-order valence-corrected chi connectivity index (χ4v) is 10.9. The lowest BCUT2D eigenvalue weighted by molar-refractivity contribution is 1.07. The maximum Gasteiger partial charge on any atom is 0.107 e. The third kappa shape index (κ3) is 4.93. The molecule has 42 heavy (non-hydrogen) atoms. The Labute approximate surface area is 252 Å². The third-order valence-corrected chi connectivity index (χ3v) is 14.4. The van der Waals surface area contributed by atoms with Crippen LogP contribution in [-0.4, -0.2) is 8.07 Å². The van der Waals surface area contributed by atoms with Crippen LogP contribution in [0.5, 0.6) is 0 Å². The van der Waals surface area contributed by atoms with Crippen molar-refractivity contribution < 1.29 is 0 Å². The monoisotopic (exact) mass is 558 g/mol. The Morgan fingerprint density at radius 1 is 0.524 bits per heavy atom. The van der Waals surface area contributed by atoms with E-state index in [4.69, 9.17) is 0 Å². The second-order valence-electron chi connectivity index (χ2n) is 12.5. The minimum atomic E-state index is -2.01. The van der Waals surface area contributed by atoms with Crippen LogP contribution in [0.1, 0.15) is 38.9 Å². The summed E-state index contributed by atoms with van der Waals surface area (Å²) in [5.41, 5.74) is 15.3.